The normalized spacial score (nSPS) is 12.8. The van der Waals surface area contributed by atoms with Crippen molar-refractivity contribution in [2.45, 2.75) is 19.3 Å². The summed E-state index contributed by atoms with van der Waals surface area (Å²) in [5.41, 5.74) is 16.5. The molecule has 9 aromatic carbocycles. The van der Waals surface area contributed by atoms with E-state index in [1.807, 2.05) is 84.9 Å². The van der Waals surface area contributed by atoms with Crippen LogP contribution >= 0.6 is 0 Å². The number of hydrogen-bond donors (Lipinski definition) is 0. The zero-order chi connectivity index (χ0) is 43.9. The molecule has 0 radical (unpaired) electrons. The Morgan fingerprint density at radius 1 is 0.379 bits per heavy atom. The molecule has 1 aliphatic rings. The fourth-order valence-electron chi connectivity index (χ4n) is 10.1. The second-order valence-electron chi connectivity index (χ2n) is 17.6. The molecule has 0 fully saturated rings. The van der Waals surface area contributed by atoms with Gasteiger partial charge in [-0.1, -0.05) is 159 Å². The number of furan rings is 2. The smallest absolute Gasteiger partial charge is 0.164 e. The molecular formula is C60H40N4O2. The van der Waals surface area contributed by atoms with E-state index in [9.17, 15) is 0 Å². The van der Waals surface area contributed by atoms with Crippen LogP contribution in [-0.2, 0) is 5.41 Å². The monoisotopic (exact) mass is 848 g/mol. The zero-order valence-electron chi connectivity index (χ0n) is 36.2. The summed E-state index contributed by atoms with van der Waals surface area (Å²) in [6, 6.07) is 72.1. The first kappa shape index (κ1) is 37.9. The van der Waals surface area contributed by atoms with Crippen molar-refractivity contribution in [1.29, 1.82) is 0 Å². The minimum absolute atomic E-state index is 0.143. The second-order valence-corrected chi connectivity index (χ2v) is 17.6. The first-order valence-electron chi connectivity index (χ1n) is 22.3. The highest BCUT2D eigenvalue weighted by molar-refractivity contribution is 6.13. The Balaban J connectivity index is 0.948. The Morgan fingerprint density at radius 3 is 1.73 bits per heavy atom. The van der Waals surface area contributed by atoms with E-state index in [2.05, 4.69) is 140 Å². The van der Waals surface area contributed by atoms with Gasteiger partial charge in [-0.25, -0.2) is 15.0 Å². The van der Waals surface area contributed by atoms with Crippen LogP contribution in [0, 0.1) is 0 Å². The van der Waals surface area contributed by atoms with Gasteiger partial charge in [0.15, 0.2) is 17.5 Å². The number of aromatic nitrogens is 3. The third-order valence-electron chi connectivity index (χ3n) is 13.3. The lowest BCUT2D eigenvalue weighted by atomic mass is 9.82. The Hall–Kier alpha value is -8.61. The lowest BCUT2D eigenvalue weighted by Crippen LogP contribution is -2.16. The van der Waals surface area contributed by atoms with Crippen molar-refractivity contribution in [2.75, 3.05) is 4.90 Å². The fourth-order valence-corrected chi connectivity index (χ4v) is 10.1. The Morgan fingerprint density at radius 2 is 0.939 bits per heavy atom. The first-order chi connectivity index (χ1) is 32.5. The first-order valence-corrected chi connectivity index (χ1v) is 22.3. The van der Waals surface area contributed by atoms with Gasteiger partial charge in [0.25, 0.3) is 0 Å². The topological polar surface area (TPSA) is 68.2 Å². The summed E-state index contributed by atoms with van der Waals surface area (Å²) in [5.74, 6) is 1.82. The van der Waals surface area contributed by atoms with Gasteiger partial charge >= 0.3 is 0 Å². The average molecular weight is 849 g/mol. The molecule has 0 unspecified atom stereocenters. The van der Waals surface area contributed by atoms with Crippen molar-refractivity contribution in [3.8, 4) is 56.4 Å². The average Bonchev–Trinajstić information content (AvgIpc) is 4.02. The molecule has 3 heterocycles. The number of benzene rings is 9. The fraction of sp³-hybridized carbons (Fsp3) is 0.0500. The summed E-state index contributed by atoms with van der Waals surface area (Å²) in [6.45, 7) is 4.67. The van der Waals surface area contributed by atoms with E-state index in [0.717, 1.165) is 88.8 Å². The minimum Gasteiger partial charge on any atom is -0.456 e. The van der Waals surface area contributed by atoms with E-state index in [1.54, 1.807) is 0 Å². The summed E-state index contributed by atoms with van der Waals surface area (Å²) in [6.07, 6.45) is 0. The minimum atomic E-state index is -0.143. The number of rotatable bonds is 7. The van der Waals surface area contributed by atoms with Gasteiger partial charge in [0, 0.05) is 60.6 Å². The van der Waals surface area contributed by atoms with Crippen LogP contribution in [0.5, 0.6) is 0 Å². The van der Waals surface area contributed by atoms with Gasteiger partial charge in [0.05, 0.1) is 5.69 Å². The molecule has 3 aromatic heterocycles. The molecule has 13 rings (SSSR count). The maximum atomic E-state index is 6.53. The molecule has 12 aromatic rings. The zero-order valence-corrected chi connectivity index (χ0v) is 36.2. The number of nitrogens with zero attached hydrogens (tertiary/aromatic N) is 4. The Bertz CT molecular complexity index is 3790. The van der Waals surface area contributed by atoms with Gasteiger partial charge in [0.1, 0.15) is 22.3 Å². The molecule has 0 spiro atoms. The standard InChI is InChI=1S/C60H40N4O2/c1-60(2)48-22-11-9-20-44(48)56-49(60)23-14-24-50(56)64(42-32-34-52-46(36-42)43-19-10-12-25-51(43)65-52)41-30-27-37(28-31-41)40-29-33-53-47(35-40)55-45(21-13-26-54(55)66-53)59-62-57(38-15-5-3-6-16-38)61-58(63-59)39-17-7-4-8-18-39/h3-36H,1-2H3. The number of para-hydroxylation sites is 1. The maximum Gasteiger partial charge on any atom is 0.164 e. The Labute approximate surface area is 381 Å². The van der Waals surface area contributed by atoms with Crippen molar-refractivity contribution < 1.29 is 8.83 Å². The predicted molar refractivity (Wildman–Crippen MR) is 268 cm³/mol. The number of hydrogen-bond acceptors (Lipinski definition) is 6. The van der Waals surface area contributed by atoms with Crippen molar-refractivity contribution in [1.82, 2.24) is 15.0 Å². The van der Waals surface area contributed by atoms with Gasteiger partial charge in [-0.15, -0.1) is 0 Å². The largest absolute Gasteiger partial charge is 0.456 e. The highest BCUT2D eigenvalue weighted by Gasteiger charge is 2.37. The molecule has 6 nitrogen and oxygen atoms in total. The number of anilines is 3. The summed E-state index contributed by atoms with van der Waals surface area (Å²) in [4.78, 5) is 17.5. The molecular weight excluding hydrogens is 809 g/mol. The molecule has 6 heteroatoms. The maximum absolute atomic E-state index is 6.53. The van der Waals surface area contributed by atoms with Crippen molar-refractivity contribution in [3.05, 3.63) is 217 Å². The molecule has 0 N–H and O–H groups in total. The summed E-state index contributed by atoms with van der Waals surface area (Å²) >= 11 is 0. The predicted octanol–water partition coefficient (Wildman–Crippen LogP) is 16.1. The van der Waals surface area contributed by atoms with Crippen LogP contribution in [-0.4, -0.2) is 15.0 Å². The summed E-state index contributed by atoms with van der Waals surface area (Å²) in [7, 11) is 0. The van der Waals surface area contributed by atoms with E-state index in [4.69, 9.17) is 23.8 Å². The summed E-state index contributed by atoms with van der Waals surface area (Å²) < 4.78 is 12.8. The van der Waals surface area contributed by atoms with E-state index < -0.39 is 0 Å². The van der Waals surface area contributed by atoms with Crippen LogP contribution in [0.25, 0.3) is 100 Å². The van der Waals surface area contributed by atoms with Gasteiger partial charge in [-0.05, 0) is 88.5 Å². The second kappa shape index (κ2) is 14.7. The molecule has 0 amide bonds. The van der Waals surface area contributed by atoms with E-state index in [1.165, 1.54) is 22.3 Å². The lowest BCUT2D eigenvalue weighted by molar-refractivity contribution is 0.660. The van der Waals surface area contributed by atoms with Crippen LogP contribution in [0.4, 0.5) is 17.1 Å². The highest BCUT2D eigenvalue weighted by Crippen LogP contribution is 2.54. The Kier molecular flexibility index (Phi) is 8.46. The molecule has 1 aliphatic carbocycles. The third kappa shape index (κ3) is 5.99. The molecule has 0 atom stereocenters. The van der Waals surface area contributed by atoms with Crippen LogP contribution in [0.1, 0.15) is 25.0 Å². The van der Waals surface area contributed by atoms with Crippen molar-refractivity contribution in [3.63, 3.8) is 0 Å². The number of fused-ring (bicyclic) bond motifs is 9. The van der Waals surface area contributed by atoms with Gasteiger partial charge in [-0.3, -0.25) is 0 Å². The molecule has 0 saturated heterocycles. The molecule has 0 aliphatic heterocycles. The highest BCUT2D eigenvalue weighted by atomic mass is 16.3. The summed E-state index contributed by atoms with van der Waals surface area (Å²) in [5, 5.41) is 4.14. The third-order valence-corrected chi connectivity index (χ3v) is 13.3. The quantitative estimate of drug-likeness (QED) is 0.159. The van der Waals surface area contributed by atoms with Crippen LogP contribution in [0.15, 0.2) is 215 Å². The van der Waals surface area contributed by atoms with E-state index in [-0.39, 0.29) is 5.41 Å². The van der Waals surface area contributed by atoms with Gasteiger partial charge in [0.2, 0.25) is 0 Å². The van der Waals surface area contributed by atoms with Crippen LogP contribution in [0.3, 0.4) is 0 Å². The molecule has 312 valence electrons. The molecule has 0 saturated carbocycles. The van der Waals surface area contributed by atoms with Gasteiger partial charge < -0.3 is 13.7 Å². The molecule has 0 bridgehead atoms. The van der Waals surface area contributed by atoms with Crippen LogP contribution in [0.2, 0.25) is 0 Å². The lowest BCUT2D eigenvalue weighted by Gasteiger charge is -2.29. The van der Waals surface area contributed by atoms with Crippen molar-refractivity contribution in [2.24, 2.45) is 0 Å². The van der Waals surface area contributed by atoms with Gasteiger partial charge in [-0.2, -0.15) is 0 Å². The molecule has 66 heavy (non-hydrogen) atoms. The SMILES string of the molecule is CC1(C)c2ccccc2-c2c(N(c3ccc(-c4ccc5oc6cccc(-c7nc(-c8ccccc8)nc(-c8ccccc8)n7)c6c5c4)cc3)c3ccc4oc5ccccc5c4c3)cccc21. The van der Waals surface area contributed by atoms with E-state index >= 15 is 0 Å². The van der Waals surface area contributed by atoms with Crippen molar-refractivity contribution >= 4 is 60.9 Å². The van der Waals surface area contributed by atoms with E-state index in [0.29, 0.717) is 17.5 Å². The van der Waals surface area contributed by atoms with Crippen LogP contribution < -0.4 is 4.90 Å².